The largest absolute Gasteiger partial charge is 1.00 e. The summed E-state index contributed by atoms with van der Waals surface area (Å²) >= 11 is 0. The van der Waals surface area contributed by atoms with Crippen molar-refractivity contribution in [2.75, 3.05) is 27.7 Å². The van der Waals surface area contributed by atoms with Crippen LogP contribution in [-0.4, -0.2) is 32.2 Å². The summed E-state index contributed by atoms with van der Waals surface area (Å²) in [5.41, 5.74) is 0. The van der Waals surface area contributed by atoms with Crippen molar-refractivity contribution in [3.63, 3.8) is 0 Å². The Hall–Kier alpha value is 0.250. The van der Waals surface area contributed by atoms with E-state index < -0.39 is 0 Å². The smallest absolute Gasteiger partial charge is 0.0809 e. The molecule has 0 aromatic rings. The van der Waals surface area contributed by atoms with Crippen molar-refractivity contribution in [1.82, 2.24) is 0 Å². The highest BCUT2D eigenvalue weighted by atomic mass is 35.5. The van der Waals surface area contributed by atoms with Gasteiger partial charge in [0.25, 0.3) is 0 Å². The SMILES string of the molecule is CCCCCCCCCCC(CCCCCCCC)C[N+](C)(C)C.[Cl-]. The van der Waals surface area contributed by atoms with Crippen LogP contribution in [0.3, 0.4) is 0 Å². The van der Waals surface area contributed by atoms with Gasteiger partial charge in [0.15, 0.2) is 0 Å². The van der Waals surface area contributed by atoms with Crippen molar-refractivity contribution in [3.8, 4) is 0 Å². The van der Waals surface area contributed by atoms with Crippen molar-refractivity contribution >= 4 is 0 Å². The van der Waals surface area contributed by atoms with E-state index in [0.29, 0.717) is 0 Å². The lowest BCUT2D eigenvalue weighted by Gasteiger charge is -2.29. The molecule has 0 bridgehead atoms. The molecule has 0 aromatic heterocycles. The molecule has 1 atom stereocenters. The Bertz CT molecular complexity index is 247. The van der Waals surface area contributed by atoms with Crippen LogP contribution in [0.5, 0.6) is 0 Å². The monoisotopic (exact) mass is 375 g/mol. The van der Waals surface area contributed by atoms with Gasteiger partial charge in [-0.1, -0.05) is 104 Å². The minimum atomic E-state index is 0. The van der Waals surface area contributed by atoms with Crippen LogP contribution in [-0.2, 0) is 0 Å². The highest BCUT2D eigenvalue weighted by Gasteiger charge is 2.17. The number of hydrogen-bond acceptors (Lipinski definition) is 0. The molecule has 25 heavy (non-hydrogen) atoms. The molecule has 154 valence electrons. The molecule has 0 radical (unpaired) electrons. The molecular weight excluding hydrogens is 326 g/mol. The molecule has 0 heterocycles. The number of rotatable bonds is 18. The second-order valence-corrected chi connectivity index (χ2v) is 9.16. The fraction of sp³-hybridized carbons (Fsp3) is 1.00. The van der Waals surface area contributed by atoms with Gasteiger partial charge in [0.2, 0.25) is 0 Å². The molecule has 0 aromatic carbocycles. The van der Waals surface area contributed by atoms with E-state index in [9.17, 15) is 0 Å². The summed E-state index contributed by atoms with van der Waals surface area (Å²) in [5, 5.41) is 0. The fourth-order valence-electron chi connectivity index (χ4n) is 3.88. The van der Waals surface area contributed by atoms with Crippen LogP contribution in [0.4, 0.5) is 0 Å². The van der Waals surface area contributed by atoms with Gasteiger partial charge in [-0.3, -0.25) is 0 Å². The number of halogens is 1. The van der Waals surface area contributed by atoms with Crippen LogP contribution >= 0.6 is 0 Å². The summed E-state index contributed by atoms with van der Waals surface area (Å²) in [6.45, 7) is 5.98. The normalized spacial score (nSPS) is 12.8. The average molecular weight is 376 g/mol. The fourth-order valence-corrected chi connectivity index (χ4v) is 3.88. The van der Waals surface area contributed by atoms with E-state index in [2.05, 4.69) is 35.0 Å². The van der Waals surface area contributed by atoms with Crippen LogP contribution in [0, 0.1) is 5.92 Å². The summed E-state index contributed by atoms with van der Waals surface area (Å²) in [6.07, 6.45) is 23.2. The number of unbranched alkanes of at least 4 members (excludes halogenated alkanes) is 12. The predicted molar refractivity (Wildman–Crippen MR) is 112 cm³/mol. The van der Waals surface area contributed by atoms with Gasteiger partial charge >= 0.3 is 0 Å². The quantitative estimate of drug-likeness (QED) is 0.242. The maximum Gasteiger partial charge on any atom is 0.0809 e. The summed E-state index contributed by atoms with van der Waals surface area (Å²) in [6, 6.07) is 0. The van der Waals surface area contributed by atoms with Crippen LogP contribution in [0.1, 0.15) is 117 Å². The van der Waals surface area contributed by atoms with E-state index in [0.717, 1.165) is 10.4 Å². The van der Waals surface area contributed by atoms with E-state index in [1.807, 2.05) is 0 Å². The first-order valence-corrected chi connectivity index (χ1v) is 11.3. The first-order valence-electron chi connectivity index (χ1n) is 11.3. The van der Waals surface area contributed by atoms with Crippen molar-refractivity contribution in [2.45, 2.75) is 117 Å². The highest BCUT2D eigenvalue weighted by Crippen LogP contribution is 2.21. The zero-order valence-electron chi connectivity index (χ0n) is 18.4. The Labute approximate surface area is 167 Å². The minimum absolute atomic E-state index is 0. The van der Waals surface area contributed by atoms with Crippen molar-refractivity contribution in [3.05, 3.63) is 0 Å². The zero-order chi connectivity index (χ0) is 18.1. The van der Waals surface area contributed by atoms with Crippen molar-refractivity contribution < 1.29 is 16.9 Å². The Kier molecular flexibility index (Phi) is 20.9. The molecule has 1 unspecified atom stereocenters. The molecule has 2 heteroatoms. The lowest BCUT2D eigenvalue weighted by Crippen LogP contribution is -3.00. The number of hydrogen-bond donors (Lipinski definition) is 0. The van der Waals surface area contributed by atoms with E-state index in [4.69, 9.17) is 0 Å². The topological polar surface area (TPSA) is 0 Å². The van der Waals surface area contributed by atoms with Crippen LogP contribution < -0.4 is 12.4 Å². The van der Waals surface area contributed by atoms with Gasteiger partial charge in [0.05, 0.1) is 27.7 Å². The molecule has 0 aliphatic carbocycles. The molecule has 0 fully saturated rings. The third kappa shape index (κ3) is 22.2. The summed E-state index contributed by atoms with van der Waals surface area (Å²) in [5.74, 6) is 0.955. The van der Waals surface area contributed by atoms with Gasteiger partial charge in [-0.15, -0.1) is 0 Å². The summed E-state index contributed by atoms with van der Waals surface area (Å²) in [7, 11) is 7.09. The zero-order valence-corrected chi connectivity index (χ0v) is 19.2. The molecular formula is C23H50ClN. The number of quaternary nitrogens is 1. The highest BCUT2D eigenvalue weighted by molar-refractivity contribution is 4.60. The molecule has 0 amide bonds. The Balaban J connectivity index is 0. The Morgan fingerprint density at radius 3 is 1.16 bits per heavy atom. The van der Waals surface area contributed by atoms with Gasteiger partial charge in [-0.2, -0.15) is 0 Å². The van der Waals surface area contributed by atoms with Gasteiger partial charge in [0.1, 0.15) is 0 Å². The number of nitrogens with zero attached hydrogens (tertiary/aromatic N) is 1. The maximum absolute atomic E-state index is 2.36. The molecule has 0 aliphatic heterocycles. The summed E-state index contributed by atoms with van der Waals surface area (Å²) in [4.78, 5) is 0. The average Bonchev–Trinajstić information content (AvgIpc) is 2.51. The Morgan fingerprint density at radius 1 is 0.520 bits per heavy atom. The first-order chi connectivity index (χ1) is 11.5. The van der Waals surface area contributed by atoms with Gasteiger partial charge in [0, 0.05) is 5.92 Å². The van der Waals surface area contributed by atoms with E-state index in [1.165, 1.54) is 109 Å². The third-order valence-electron chi connectivity index (χ3n) is 5.24. The standard InChI is InChI=1S/C23H50N.ClH/c1-6-8-10-12-14-15-17-19-21-23(22-24(3,4)5)20-18-16-13-11-9-7-2;/h23H,6-22H2,1-5H3;1H/q+1;/p-1. The third-order valence-corrected chi connectivity index (χ3v) is 5.24. The summed E-state index contributed by atoms with van der Waals surface area (Å²) < 4.78 is 1.14. The second-order valence-electron chi connectivity index (χ2n) is 9.16. The molecule has 0 saturated heterocycles. The van der Waals surface area contributed by atoms with Crippen LogP contribution in [0.15, 0.2) is 0 Å². The molecule has 0 spiro atoms. The lowest BCUT2D eigenvalue weighted by atomic mass is 9.93. The molecule has 0 rings (SSSR count). The lowest BCUT2D eigenvalue weighted by molar-refractivity contribution is -0.874. The van der Waals surface area contributed by atoms with Gasteiger partial charge < -0.3 is 16.9 Å². The van der Waals surface area contributed by atoms with Crippen molar-refractivity contribution in [2.24, 2.45) is 5.92 Å². The second kappa shape index (κ2) is 19.0. The molecule has 1 nitrogen and oxygen atoms in total. The minimum Gasteiger partial charge on any atom is -1.00 e. The molecule has 0 saturated carbocycles. The van der Waals surface area contributed by atoms with E-state index in [-0.39, 0.29) is 12.4 Å². The van der Waals surface area contributed by atoms with Gasteiger partial charge in [-0.25, -0.2) is 0 Å². The Morgan fingerprint density at radius 2 is 0.840 bits per heavy atom. The van der Waals surface area contributed by atoms with E-state index >= 15 is 0 Å². The maximum atomic E-state index is 2.36. The van der Waals surface area contributed by atoms with Crippen molar-refractivity contribution in [1.29, 1.82) is 0 Å². The molecule has 0 N–H and O–H groups in total. The first kappa shape index (κ1) is 27.5. The molecule has 0 aliphatic rings. The van der Waals surface area contributed by atoms with Gasteiger partial charge in [-0.05, 0) is 12.8 Å². The van der Waals surface area contributed by atoms with Crippen LogP contribution in [0.2, 0.25) is 0 Å². The predicted octanol–water partition coefficient (Wildman–Crippen LogP) is 4.59. The van der Waals surface area contributed by atoms with E-state index in [1.54, 1.807) is 0 Å². The van der Waals surface area contributed by atoms with Crippen LogP contribution in [0.25, 0.3) is 0 Å².